The van der Waals surface area contributed by atoms with Gasteiger partial charge in [0.15, 0.2) is 0 Å². The van der Waals surface area contributed by atoms with Crippen molar-refractivity contribution >= 4 is 22.9 Å². The van der Waals surface area contributed by atoms with Crippen molar-refractivity contribution in [2.24, 2.45) is 0 Å². The number of rotatable bonds is 5. The zero-order valence-corrected chi connectivity index (χ0v) is 9.33. The number of hydrogen-bond acceptors (Lipinski definition) is 6. The Morgan fingerprint density at radius 2 is 1.94 bits per heavy atom. The molecule has 1 heterocycles. The molecule has 0 bridgehead atoms. The molecular weight excluding hydrogens is 232 g/mol. The van der Waals surface area contributed by atoms with Gasteiger partial charge in [-0.05, 0) is 11.4 Å². The highest BCUT2D eigenvalue weighted by atomic mass is 32.1. The van der Waals surface area contributed by atoms with E-state index in [2.05, 4.69) is 5.32 Å². The Labute approximate surface area is 96.3 Å². The molecule has 0 spiro atoms. The van der Waals surface area contributed by atoms with Crippen molar-refractivity contribution in [3.05, 3.63) is 16.3 Å². The molecule has 6 nitrogen and oxygen atoms in total. The first-order valence-electron chi connectivity index (χ1n) is 4.56. The fourth-order valence-electron chi connectivity index (χ4n) is 1.07. The Morgan fingerprint density at radius 3 is 2.31 bits per heavy atom. The second kappa shape index (κ2) is 5.26. The summed E-state index contributed by atoms with van der Waals surface area (Å²) in [5, 5.41) is 31.1. The minimum Gasteiger partial charge on any atom is -0.397 e. The summed E-state index contributed by atoms with van der Waals surface area (Å²) in [6.45, 7) is -1.68. The number of nitrogen functional groups attached to an aromatic ring is 1. The zero-order valence-electron chi connectivity index (χ0n) is 8.51. The number of anilines is 1. The molecule has 1 aromatic rings. The Morgan fingerprint density at radius 1 is 1.38 bits per heavy atom. The maximum Gasteiger partial charge on any atom is 0.264 e. The van der Waals surface area contributed by atoms with Crippen LogP contribution in [0.1, 0.15) is 9.67 Å². The summed E-state index contributed by atoms with van der Waals surface area (Å²) in [6, 6.07) is 1.58. The van der Waals surface area contributed by atoms with Crippen LogP contribution in [0, 0.1) is 0 Å². The van der Waals surface area contributed by atoms with Crippen LogP contribution < -0.4 is 11.1 Å². The summed E-state index contributed by atoms with van der Waals surface area (Å²) in [4.78, 5) is 12.0. The van der Waals surface area contributed by atoms with Gasteiger partial charge in [0.1, 0.15) is 10.4 Å². The van der Waals surface area contributed by atoms with Gasteiger partial charge in [-0.15, -0.1) is 11.3 Å². The minimum atomic E-state index is -1.42. The average Bonchev–Trinajstić information content (AvgIpc) is 2.72. The Hall–Kier alpha value is -1.15. The molecule has 6 N–H and O–H groups in total. The Balaban J connectivity index is 2.81. The van der Waals surface area contributed by atoms with Gasteiger partial charge in [0.2, 0.25) is 0 Å². The second-order valence-electron chi connectivity index (χ2n) is 3.41. The van der Waals surface area contributed by atoms with Crippen molar-refractivity contribution in [3.8, 4) is 0 Å². The summed E-state index contributed by atoms with van der Waals surface area (Å²) >= 11 is 1.15. The van der Waals surface area contributed by atoms with Crippen molar-refractivity contribution in [2.75, 3.05) is 25.6 Å². The molecule has 0 aromatic carbocycles. The predicted molar refractivity (Wildman–Crippen MR) is 60.2 cm³/mol. The van der Waals surface area contributed by atoms with Gasteiger partial charge in [-0.25, -0.2) is 0 Å². The number of aliphatic hydroxyl groups excluding tert-OH is 3. The fourth-order valence-corrected chi connectivity index (χ4v) is 1.78. The van der Waals surface area contributed by atoms with Crippen LogP contribution >= 0.6 is 11.3 Å². The smallest absolute Gasteiger partial charge is 0.264 e. The lowest BCUT2D eigenvalue weighted by molar-refractivity contribution is 0.0377. The van der Waals surface area contributed by atoms with Crippen molar-refractivity contribution < 1.29 is 20.1 Å². The molecule has 0 saturated carbocycles. The van der Waals surface area contributed by atoms with Gasteiger partial charge in [0, 0.05) is 0 Å². The molecule has 0 fully saturated rings. The normalized spacial score (nSPS) is 11.4. The van der Waals surface area contributed by atoms with Crippen LogP contribution in [0.15, 0.2) is 11.4 Å². The van der Waals surface area contributed by atoms with E-state index in [-0.39, 0.29) is 0 Å². The third kappa shape index (κ3) is 2.50. The number of carbonyl (C=O) groups excluding carboxylic acids is 1. The van der Waals surface area contributed by atoms with E-state index in [1.54, 1.807) is 11.4 Å². The topological polar surface area (TPSA) is 116 Å². The highest BCUT2D eigenvalue weighted by molar-refractivity contribution is 7.12. The molecule has 1 aromatic heterocycles. The van der Waals surface area contributed by atoms with E-state index in [9.17, 15) is 4.79 Å². The van der Waals surface area contributed by atoms with Crippen LogP contribution in [0.4, 0.5) is 5.69 Å². The van der Waals surface area contributed by atoms with Crippen LogP contribution in [0.3, 0.4) is 0 Å². The zero-order chi connectivity index (χ0) is 12.2. The molecule has 0 aliphatic rings. The highest BCUT2D eigenvalue weighted by Crippen LogP contribution is 2.19. The number of thiophene rings is 1. The third-order valence-electron chi connectivity index (χ3n) is 2.19. The van der Waals surface area contributed by atoms with Crippen molar-refractivity contribution in [1.29, 1.82) is 0 Å². The van der Waals surface area contributed by atoms with Gasteiger partial charge in [-0.1, -0.05) is 0 Å². The fraction of sp³-hybridized carbons (Fsp3) is 0.444. The Bertz CT molecular complexity index is 354. The summed E-state index contributed by atoms with van der Waals surface area (Å²) < 4.78 is 0. The maximum atomic E-state index is 11.7. The minimum absolute atomic E-state index is 0.291. The van der Waals surface area contributed by atoms with Crippen molar-refractivity contribution in [1.82, 2.24) is 5.32 Å². The molecule has 90 valence electrons. The van der Waals surface area contributed by atoms with Crippen LogP contribution in [-0.2, 0) is 0 Å². The molecule has 1 rings (SSSR count). The standard InChI is InChI=1S/C9H14N2O4S/c10-6-1-2-16-7(6)8(15)11-9(3-12,4-13)5-14/h1-2,12-14H,3-5,10H2,(H,11,15). The Kier molecular flexibility index (Phi) is 4.25. The average molecular weight is 246 g/mol. The van der Waals surface area contributed by atoms with Gasteiger partial charge in [-0.2, -0.15) is 0 Å². The highest BCUT2D eigenvalue weighted by Gasteiger charge is 2.31. The van der Waals surface area contributed by atoms with Crippen LogP contribution in [0.5, 0.6) is 0 Å². The van der Waals surface area contributed by atoms with E-state index in [4.69, 9.17) is 21.1 Å². The first kappa shape index (κ1) is 12.9. The first-order chi connectivity index (χ1) is 7.58. The molecule has 0 aliphatic carbocycles. The molecule has 1 amide bonds. The molecule has 0 unspecified atom stereocenters. The lowest BCUT2D eigenvalue weighted by atomic mass is 10.0. The summed E-state index contributed by atoms with van der Waals surface area (Å²) in [7, 11) is 0. The lowest BCUT2D eigenvalue weighted by Crippen LogP contribution is -2.56. The van der Waals surface area contributed by atoms with E-state index in [1.165, 1.54) is 0 Å². The quantitative estimate of drug-likeness (QED) is 0.446. The van der Waals surface area contributed by atoms with Crippen molar-refractivity contribution in [2.45, 2.75) is 5.54 Å². The van der Waals surface area contributed by atoms with Gasteiger partial charge in [-0.3, -0.25) is 4.79 Å². The van der Waals surface area contributed by atoms with E-state index in [0.29, 0.717) is 10.6 Å². The molecule has 0 radical (unpaired) electrons. The number of nitrogens with two attached hydrogens (primary N) is 1. The van der Waals surface area contributed by atoms with E-state index >= 15 is 0 Å². The van der Waals surface area contributed by atoms with Crippen LogP contribution in [0.25, 0.3) is 0 Å². The second-order valence-corrected chi connectivity index (χ2v) is 4.33. The van der Waals surface area contributed by atoms with Crippen LogP contribution in [0.2, 0.25) is 0 Å². The number of aliphatic hydroxyl groups is 3. The summed E-state index contributed by atoms with van der Waals surface area (Å²) in [6.07, 6.45) is 0. The molecule has 7 heteroatoms. The molecule has 0 atom stereocenters. The molecule has 0 saturated heterocycles. The monoisotopic (exact) mass is 246 g/mol. The number of nitrogens with one attached hydrogen (secondary N) is 1. The number of hydrogen-bond donors (Lipinski definition) is 5. The largest absolute Gasteiger partial charge is 0.397 e. The first-order valence-corrected chi connectivity index (χ1v) is 5.44. The maximum absolute atomic E-state index is 11.7. The van der Waals surface area contributed by atoms with Gasteiger partial charge < -0.3 is 26.4 Å². The van der Waals surface area contributed by atoms with Crippen molar-refractivity contribution in [3.63, 3.8) is 0 Å². The lowest BCUT2D eigenvalue weighted by Gasteiger charge is -2.28. The van der Waals surface area contributed by atoms with Gasteiger partial charge in [0.25, 0.3) is 5.91 Å². The summed E-state index contributed by atoms with van der Waals surface area (Å²) in [5.41, 5.74) is 4.45. The predicted octanol–water partition coefficient (Wildman–Crippen LogP) is -1.22. The SMILES string of the molecule is Nc1ccsc1C(=O)NC(CO)(CO)CO. The summed E-state index contributed by atoms with van der Waals surface area (Å²) in [5.74, 6) is -0.523. The molecular formula is C9H14N2O4S. The van der Waals surface area contributed by atoms with Crippen LogP contribution in [-0.4, -0.2) is 46.6 Å². The van der Waals surface area contributed by atoms with E-state index < -0.39 is 31.3 Å². The van der Waals surface area contributed by atoms with E-state index in [0.717, 1.165) is 11.3 Å². The molecule has 16 heavy (non-hydrogen) atoms. The van der Waals surface area contributed by atoms with Gasteiger partial charge >= 0.3 is 0 Å². The van der Waals surface area contributed by atoms with Gasteiger partial charge in [0.05, 0.1) is 25.5 Å². The number of amides is 1. The number of carbonyl (C=O) groups is 1. The van der Waals surface area contributed by atoms with E-state index in [1.807, 2.05) is 0 Å². The molecule has 0 aliphatic heterocycles. The third-order valence-corrected chi connectivity index (χ3v) is 3.12.